The van der Waals surface area contributed by atoms with Crippen molar-refractivity contribution in [3.63, 3.8) is 0 Å². The quantitative estimate of drug-likeness (QED) is 0.723. The number of hydrogen-bond acceptors (Lipinski definition) is 5. The van der Waals surface area contributed by atoms with Gasteiger partial charge in [0.1, 0.15) is 5.75 Å². The van der Waals surface area contributed by atoms with Gasteiger partial charge in [0.15, 0.2) is 6.61 Å². The van der Waals surface area contributed by atoms with Crippen molar-refractivity contribution in [2.75, 3.05) is 5.73 Å². The minimum absolute atomic E-state index is 0.141. The molecule has 0 aliphatic rings. The SMILES string of the molecule is Nc1cccc(OCc2nc(-c3ccc(Cl)cc3Cl)no2)c1. The number of rotatable bonds is 4. The standard InChI is InChI=1S/C15H11Cl2N3O2/c16-9-4-5-12(13(17)6-9)15-19-14(22-20-15)8-21-11-3-1-2-10(18)7-11/h1-7H,8,18H2. The molecule has 3 aromatic rings. The fraction of sp³-hybridized carbons (Fsp3) is 0.0667. The van der Waals surface area contributed by atoms with Gasteiger partial charge in [-0.15, -0.1) is 0 Å². The molecule has 0 spiro atoms. The lowest BCUT2D eigenvalue weighted by Crippen LogP contribution is -1.96. The smallest absolute Gasteiger partial charge is 0.264 e. The Bertz CT molecular complexity index is 805. The van der Waals surface area contributed by atoms with Gasteiger partial charge in [-0.25, -0.2) is 0 Å². The molecule has 0 atom stereocenters. The summed E-state index contributed by atoms with van der Waals surface area (Å²) in [5, 5.41) is 4.89. The van der Waals surface area contributed by atoms with E-state index in [-0.39, 0.29) is 6.61 Å². The van der Waals surface area contributed by atoms with Crippen LogP contribution in [-0.2, 0) is 6.61 Å². The van der Waals surface area contributed by atoms with Crippen LogP contribution in [0.3, 0.4) is 0 Å². The van der Waals surface area contributed by atoms with Crippen LogP contribution < -0.4 is 10.5 Å². The first-order valence-corrected chi connectivity index (χ1v) is 7.14. The summed E-state index contributed by atoms with van der Waals surface area (Å²) in [4.78, 5) is 4.25. The molecule has 0 aliphatic heterocycles. The van der Waals surface area contributed by atoms with E-state index >= 15 is 0 Å². The molecule has 0 unspecified atom stereocenters. The first kappa shape index (κ1) is 14.7. The summed E-state index contributed by atoms with van der Waals surface area (Å²) in [6.45, 7) is 0.141. The first-order chi connectivity index (χ1) is 10.6. The fourth-order valence-electron chi connectivity index (χ4n) is 1.84. The van der Waals surface area contributed by atoms with Crippen molar-refractivity contribution in [1.29, 1.82) is 0 Å². The van der Waals surface area contributed by atoms with Gasteiger partial charge >= 0.3 is 0 Å². The Morgan fingerprint density at radius 3 is 2.77 bits per heavy atom. The highest BCUT2D eigenvalue weighted by Crippen LogP contribution is 2.28. The Morgan fingerprint density at radius 2 is 2.00 bits per heavy atom. The van der Waals surface area contributed by atoms with E-state index in [4.69, 9.17) is 38.2 Å². The minimum atomic E-state index is 0.141. The highest BCUT2D eigenvalue weighted by Gasteiger charge is 2.12. The molecule has 22 heavy (non-hydrogen) atoms. The Morgan fingerprint density at radius 1 is 1.14 bits per heavy atom. The lowest BCUT2D eigenvalue weighted by Gasteiger charge is -2.03. The Kier molecular flexibility index (Phi) is 4.18. The molecule has 2 N–H and O–H groups in total. The van der Waals surface area contributed by atoms with Gasteiger partial charge in [-0.05, 0) is 30.3 Å². The minimum Gasteiger partial charge on any atom is -0.484 e. The van der Waals surface area contributed by atoms with Crippen LogP contribution in [0.15, 0.2) is 47.0 Å². The van der Waals surface area contributed by atoms with E-state index < -0.39 is 0 Å². The molecule has 5 nitrogen and oxygen atoms in total. The molecule has 112 valence electrons. The van der Waals surface area contributed by atoms with Crippen LogP contribution in [0.1, 0.15) is 5.89 Å². The average Bonchev–Trinajstić information content (AvgIpc) is 2.94. The third-order valence-electron chi connectivity index (χ3n) is 2.86. The molecule has 0 bridgehead atoms. The molecule has 0 aliphatic carbocycles. The molecule has 0 radical (unpaired) electrons. The van der Waals surface area contributed by atoms with Gasteiger partial charge in [0, 0.05) is 22.3 Å². The maximum atomic E-state index is 6.11. The maximum absolute atomic E-state index is 6.11. The maximum Gasteiger partial charge on any atom is 0.264 e. The number of hydrogen-bond donors (Lipinski definition) is 1. The van der Waals surface area contributed by atoms with E-state index in [0.29, 0.717) is 38.8 Å². The van der Waals surface area contributed by atoms with E-state index in [0.717, 1.165) is 0 Å². The van der Waals surface area contributed by atoms with Gasteiger partial charge in [-0.1, -0.05) is 34.4 Å². The normalized spacial score (nSPS) is 10.6. The molecule has 3 rings (SSSR count). The van der Waals surface area contributed by atoms with E-state index in [1.54, 1.807) is 42.5 Å². The molecule has 0 saturated carbocycles. The van der Waals surface area contributed by atoms with Crippen molar-refractivity contribution in [2.45, 2.75) is 6.61 Å². The predicted molar refractivity (Wildman–Crippen MR) is 84.9 cm³/mol. The lowest BCUT2D eigenvalue weighted by molar-refractivity contribution is 0.243. The van der Waals surface area contributed by atoms with Crippen molar-refractivity contribution >= 4 is 28.9 Å². The zero-order valence-electron chi connectivity index (χ0n) is 11.3. The first-order valence-electron chi connectivity index (χ1n) is 6.38. The highest BCUT2D eigenvalue weighted by molar-refractivity contribution is 6.36. The third-order valence-corrected chi connectivity index (χ3v) is 3.41. The molecule has 0 amide bonds. The van der Waals surface area contributed by atoms with Crippen molar-refractivity contribution < 1.29 is 9.26 Å². The molecule has 1 heterocycles. The Hall–Kier alpha value is -2.24. The van der Waals surface area contributed by atoms with Gasteiger partial charge in [0.2, 0.25) is 5.82 Å². The van der Waals surface area contributed by atoms with Crippen LogP contribution in [0.2, 0.25) is 10.0 Å². The molecule has 0 saturated heterocycles. The van der Waals surface area contributed by atoms with E-state index in [2.05, 4.69) is 10.1 Å². The van der Waals surface area contributed by atoms with Gasteiger partial charge in [-0.3, -0.25) is 0 Å². The number of ether oxygens (including phenoxy) is 1. The summed E-state index contributed by atoms with van der Waals surface area (Å²) in [6.07, 6.45) is 0. The second-order valence-electron chi connectivity index (χ2n) is 4.50. The summed E-state index contributed by atoms with van der Waals surface area (Å²) in [6, 6.07) is 12.2. The number of nitrogen functional groups attached to an aromatic ring is 1. The van der Waals surface area contributed by atoms with Gasteiger partial charge < -0.3 is 15.0 Å². The van der Waals surface area contributed by atoms with Crippen LogP contribution >= 0.6 is 23.2 Å². The van der Waals surface area contributed by atoms with Gasteiger partial charge in [0.25, 0.3) is 5.89 Å². The molecule has 7 heteroatoms. The number of nitrogens with two attached hydrogens (primary N) is 1. The number of nitrogens with zero attached hydrogens (tertiary/aromatic N) is 2. The third kappa shape index (κ3) is 3.32. The summed E-state index contributed by atoms with van der Waals surface area (Å²) in [7, 11) is 0. The predicted octanol–water partition coefficient (Wildman–Crippen LogP) is 4.20. The number of aromatic nitrogens is 2. The van der Waals surface area contributed by atoms with Gasteiger partial charge in [0.05, 0.1) is 5.02 Å². The van der Waals surface area contributed by atoms with Crippen LogP contribution in [0.4, 0.5) is 5.69 Å². The average molecular weight is 336 g/mol. The number of halogens is 2. The van der Waals surface area contributed by atoms with Crippen LogP contribution in [-0.4, -0.2) is 10.1 Å². The monoisotopic (exact) mass is 335 g/mol. The zero-order valence-corrected chi connectivity index (χ0v) is 12.8. The topological polar surface area (TPSA) is 74.2 Å². The zero-order chi connectivity index (χ0) is 15.5. The number of anilines is 1. The van der Waals surface area contributed by atoms with Crippen LogP contribution in [0.5, 0.6) is 5.75 Å². The second-order valence-corrected chi connectivity index (χ2v) is 5.34. The summed E-state index contributed by atoms with van der Waals surface area (Å²) < 4.78 is 10.7. The van der Waals surface area contributed by atoms with E-state index in [9.17, 15) is 0 Å². The van der Waals surface area contributed by atoms with Crippen LogP contribution in [0.25, 0.3) is 11.4 Å². The molecule has 0 fully saturated rings. The highest BCUT2D eigenvalue weighted by atomic mass is 35.5. The van der Waals surface area contributed by atoms with E-state index in [1.165, 1.54) is 0 Å². The largest absolute Gasteiger partial charge is 0.484 e. The Labute approximate surface area is 136 Å². The van der Waals surface area contributed by atoms with Crippen molar-refractivity contribution in [2.24, 2.45) is 0 Å². The van der Waals surface area contributed by atoms with Crippen molar-refractivity contribution in [3.8, 4) is 17.1 Å². The van der Waals surface area contributed by atoms with Crippen molar-refractivity contribution in [3.05, 3.63) is 58.4 Å². The fourth-order valence-corrected chi connectivity index (χ4v) is 2.34. The molecule has 2 aromatic carbocycles. The van der Waals surface area contributed by atoms with Crippen molar-refractivity contribution in [1.82, 2.24) is 10.1 Å². The summed E-state index contributed by atoms with van der Waals surface area (Å²) in [5.74, 6) is 1.35. The number of benzene rings is 2. The lowest BCUT2D eigenvalue weighted by atomic mass is 10.2. The summed E-state index contributed by atoms with van der Waals surface area (Å²) >= 11 is 12.0. The van der Waals surface area contributed by atoms with Crippen LogP contribution in [0, 0.1) is 0 Å². The van der Waals surface area contributed by atoms with Gasteiger partial charge in [-0.2, -0.15) is 4.98 Å². The molecule has 1 aromatic heterocycles. The Balaban J connectivity index is 1.73. The molecular weight excluding hydrogens is 325 g/mol. The van der Waals surface area contributed by atoms with E-state index in [1.807, 2.05) is 0 Å². The second kappa shape index (κ2) is 6.25. The summed E-state index contributed by atoms with van der Waals surface area (Å²) in [5.41, 5.74) is 6.95. The molecular formula is C15H11Cl2N3O2.